The predicted octanol–water partition coefficient (Wildman–Crippen LogP) is 2.30. The number of rotatable bonds is 7. The van der Waals surface area contributed by atoms with Crippen molar-refractivity contribution in [3.05, 3.63) is 70.3 Å². The summed E-state index contributed by atoms with van der Waals surface area (Å²) in [6.07, 6.45) is 0. The van der Waals surface area contributed by atoms with E-state index in [0.29, 0.717) is 24.2 Å². The van der Waals surface area contributed by atoms with Gasteiger partial charge in [-0.25, -0.2) is 0 Å². The molecule has 2 aromatic carbocycles. The molecule has 0 atom stereocenters. The second kappa shape index (κ2) is 10.2. The SMILES string of the molecule is Cc1cccc(C(=O)NCc2cc(C(=O)NCCN3CCOCC3)ccc2C)c1. The van der Waals surface area contributed by atoms with Gasteiger partial charge in [0.2, 0.25) is 0 Å². The van der Waals surface area contributed by atoms with Gasteiger partial charge in [-0.05, 0) is 49.2 Å². The standard InChI is InChI=1S/C23H29N3O3/c1-17-4-3-5-19(14-17)23(28)25-16-21-15-20(7-6-18(21)2)22(27)24-8-9-26-10-12-29-13-11-26/h3-7,14-15H,8-13,16H2,1-2H3,(H,24,27)(H,25,28). The third kappa shape index (κ3) is 6.14. The van der Waals surface area contributed by atoms with Crippen molar-refractivity contribution in [3.8, 4) is 0 Å². The molecule has 2 amide bonds. The Kier molecular flexibility index (Phi) is 7.38. The largest absolute Gasteiger partial charge is 0.379 e. The fourth-order valence-electron chi connectivity index (χ4n) is 3.32. The molecule has 0 bridgehead atoms. The highest BCUT2D eigenvalue weighted by molar-refractivity contribution is 5.95. The van der Waals surface area contributed by atoms with Crippen LogP contribution in [0.1, 0.15) is 37.4 Å². The second-order valence-electron chi connectivity index (χ2n) is 7.40. The van der Waals surface area contributed by atoms with Crippen LogP contribution >= 0.6 is 0 Å². The van der Waals surface area contributed by atoms with Crippen LogP contribution in [0.25, 0.3) is 0 Å². The molecule has 154 valence electrons. The van der Waals surface area contributed by atoms with Crippen molar-refractivity contribution in [2.24, 2.45) is 0 Å². The lowest BCUT2D eigenvalue weighted by Gasteiger charge is -2.26. The summed E-state index contributed by atoms with van der Waals surface area (Å²) < 4.78 is 5.34. The van der Waals surface area contributed by atoms with Crippen LogP contribution in [0.15, 0.2) is 42.5 Å². The molecule has 6 nitrogen and oxygen atoms in total. The zero-order valence-electron chi connectivity index (χ0n) is 17.2. The number of carbonyl (C=O) groups is 2. The Morgan fingerprint density at radius 2 is 1.69 bits per heavy atom. The van der Waals surface area contributed by atoms with E-state index in [0.717, 1.165) is 49.5 Å². The number of benzene rings is 2. The first kappa shape index (κ1) is 21.0. The summed E-state index contributed by atoms with van der Waals surface area (Å²) in [6, 6.07) is 13.1. The first-order valence-corrected chi connectivity index (χ1v) is 10.1. The lowest BCUT2D eigenvalue weighted by atomic mass is 10.0. The molecule has 1 heterocycles. The van der Waals surface area contributed by atoms with E-state index >= 15 is 0 Å². The van der Waals surface area contributed by atoms with Gasteiger partial charge in [0.1, 0.15) is 0 Å². The van der Waals surface area contributed by atoms with Crippen LogP contribution in [0.5, 0.6) is 0 Å². The van der Waals surface area contributed by atoms with Gasteiger partial charge in [0.15, 0.2) is 0 Å². The van der Waals surface area contributed by atoms with Crippen LogP contribution in [0.3, 0.4) is 0 Å². The minimum atomic E-state index is -0.117. The molecular formula is C23H29N3O3. The Morgan fingerprint density at radius 3 is 2.45 bits per heavy atom. The number of hydrogen-bond acceptors (Lipinski definition) is 4. The van der Waals surface area contributed by atoms with Crippen molar-refractivity contribution in [1.82, 2.24) is 15.5 Å². The molecule has 0 radical (unpaired) electrons. The summed E-state index contributed by atoms with van der Waals surface area (Å²) in [7, 11) is 0. The van der Waals surface area contributed by atoms with E-state index in [2.05, 4.69) is 15.5 Å². The number of morpholine rings is 1. The zero-order chi connectivity index (χ0) is 20.6. The highest BCUT2D eigenvalue weighted by Gasteiger charge is 2.12. The molecule has 1 aliphatic heterocycles. The quantitative estimate of drug-likeness (QED) is 0.755. The van der Waals surface area contributed by atoms with Gasteiger partial charge in [0, 0.05) is 43.9 Å². The fraction of sp³-hybridized carbons (Fsp3) is 0.391. The smallest absolute Gasteiger partial charge is 0.251 e. The van der Waals surface area contributed by atoms with Gasteiger partial charge in [-0.2, -0.15) is 0 Å². The molecule has 6 heteroatoms. The summed E-state index contributed by atoms with van der Waals surface area (Å²) in [6.45, 7) is 9.07. The van der Waals surface area contributed by atoms with Crippen LogP contribution in [-0.4, -0.2) is 56.1 Å². The predicted molar refractivity (Wildman–Crippen MR) is 113 cm³/mol. The van der Waals surface area contributed by atoms with E-state index in [1.165, 1.54) is 0 Å². The minimum Gasteiger partial charge on any atom is -0.379 e. The van der Waals surface area contributed by atoms with Crippen LogP contribution < -0.4 is 10.6 Å². The van der Waals surface area contributed by atoms with E-state index in [1.54, 1.807) is 6.07 Å². The number of ether oxygens (including phenoxy) is 1. The molecule has 1 fully saturated rings. The molecular weight excluding hydrogens is 366 g/mol. The summed E-state index contributed by atoms with van der Waals surface area (Å²) in [4.78, 5) is 27.2. The van der Waals surface area contributed by atoms with E-state index in [1.807, 2.05) is 50.2 Å². The number of aryl methyl sites for hydroxylation is 2. The lowest BCUT2D eigenvalue weighted by Crippen LogP contribution is -2.41. The van der Waals surface area contributed by atoms with Gasteiger partial charge < -0.3 is 15.4 Å². The Morgan fingerprint density at radius 1 is 0.966 bits per heavy atom. The van der Waals surface area contributed by atoms with Gasteiger partial charge in [0.05, 0.1) is 13.2 Å². The van der Waals surface area contributed by atoms with E-state index in [4.69, 9.17) is 4.74 Å². The van der Waals surface area contributed by atoms with Crippen LogP contribution in [0.2, 0.25) is 0 Å². The van der Waals surface area contributed by atoms with E-state index in [9.17, 15) is 9.59 Å². The molecule has 0 unspecified atom stereocenters. The van der Waals surface area contributed by atoms with Crippen molar-refractivity contribution < 1.29 is 14.3 Å². The topological polar surface area (TPSA) is 70.7 Å². The van der Waals surface area contributed by atoms with Crippen molar-refractivity contribution in [2.75, 3.05) is 39.4 Å². The molecule has 0 spiro atoms. The number of nitrogens with zero attached hydrogens (tertiary/aromatic N) is 1. The third-order valence-electron chi connectivity index (χ3n) is 5.15. The average molecular weight is 396 g/mol. The molecule has 1 aliphatic rings. The third-order valence-corrected chi connectivity index (χ3v) is 5.15. The average Bonchev–Trinajstić information content (AvgIpc) is 2.73. The van der Waals surface area contributed by atoms with Crippen LogP contribution in [0, 0.1) is 13.8 Å². The molecule has 29 heavy (non-hydrogen) atoms. The molecule has 2 aromatic rings. The minimum absolute atomic E-state index is 0.0930. The van der Waals surface area contributed by atoms with Gasteiger partial charge >= 0.3 is 0 Å². The van der Waals surface area contributed by atoms with E-state index < -0.39 is 0 Å². The summed E-state index contributed by atoms with van der Waals surface area (Å²) in [5.74, 6) is -0.210. The van der Waals surface area contributed by atoms with Gasteiger partial charge in [-0.15, -0.1) is 0 Å². The molecule has 0 aliphatic carbocycles. The lowest BCUT2D eigenvalue weighted by molar-refractivity contribution is 0.0383. The summed E-state index contributed by atoms with van der Waals surface area (Å²) in [5.41, 5.74) is 4.27. The fourth-order valence-corrected chi connectivity index (χ4v) is 3.32. The molecule has 2 N–H and O–H groups in total. The second-order valence-corrected chi connectivity index (χ2v) is 7.40. The molecule has 3 rings (SSSR count). The Labute approximate surface area is 172 Å². The van der Waals surface area contributed by atoms with Crippen LogP contribution in [-0.2, 0) is 11.3 Å². The maximum Gasteiger partial charge on any atom is 0.251 e. The van der Waals surface area contributed by atoms with Crippen LogP contribution in [0.4, 0.5) is 0 Å². The summed E-state index contributed by atoms with van der Waals surface area (Å²) >= 11 is 0. The highest BCUT2D eigenvalue weighted by Crippen LogP contribution is 2.12. The number of hydrogen-bond donors (Lipinski definition) is 2. The number of nitrogens with one attached hydrogen (secondary N) is 2. The first-order chi connectivity index (χ1) is 14.0. The van der Waals surface area contributed by atoms with Gasteiger partial charge in [-0.3, -0.25) is 14.5 Å². The van der Waals surface area contributed by atoms with E-state index in [-0.39, 0.29) is 11.8 Å². The maximum atomic E-state index is 12.5. The molecule has 0 saturated carbocycles. The Bertz CT molecular complexity index is 860. The van der Waals surface area contributed by atoms with Gasteiger partial charge in [-0.1, -0.05) is 23.8 Å². The van der Waals surface area contributed by atoms with Gasteiger partial charge in [0.25, 0.3) is 11.8 Å². The summed E-state index contributed by atoms with van der Waals surface area (Å²) in [5, 5.41) is 5.93. The normalized spacial score (nSPS) is 14.4. The first-order valence-electron chi connectivity index (χ1n) is 10.1. The maximum absolute atomic E-state index is 12.5. The van der Waals surface area contributed by atoms with Crippen molar-refractivity contribution in [1.29, 1.82) is 0 Å². The monoisotopic (exact) mass is 395 g/mol. The van der Waals surface area contributed by atoms with Crippen molar-refractivity contribution in [3.63, 3.8) is 0 Å². The Hall–Kier alpha value is -2.70. The Balaban J connectivity index is 1.54. The number of carbonyl (C=O) groups excluding carboxylic acids is 2. The number of amides is 2. The van der Waals surface area contributed by atoms with Crippen molar-refractivity contribution >= 4 is 11.8 Å². The molecule has 0 aromatic heterocycles. The molecule has 1 saturated heterocycles. The highest BCUT2D eigenvalue weighted by atomic mass is 16.5. The zero-order valence-corrected chi connectivity index (χ0v) is 17.2. The van der Waals surface area contributed by atoms with Crippen molar-refractivity contribution in [2.45, 2.75) is 20.4 Å².